The second kappa shape index (κ2) is 8.33. The largest absolute Gasteiger partial charge is 0.449 e. The van der Waals surface area contributed by atoms with Gasteiger partial charge in [-0.25, -0.2) is 4.79 Å². The van der Waals surface area contributed by atoms with Crippen LogP contribution in [0.15, 0.2) is 48.6 Å². The number of esters is 1. The van der Waals surface area contributed by atoms with Crippen LogP contribution in [-0.4, -0.2) is 18.0 Å². The van der Waals surface area contributed by atoms with Crippen LogP contribution >= 0.6 is 0 Å². The summed E-state index contributed by atoms with van der Waals surface area (Å²) < 4.78 is 4.95. The Morgan fingerprint density at radius 2 is 2.14 bits per heavy atom. The number of anilines is 1. The number of amides is 1. The summed E-state index contributed by atoms with van der Waals surface area (Å²) in [5, 5.41) is 11.4. The standard InChI is InChI=1S/C16H16N2O3/c1-3-4-5-9-15(19)21-12(2)16(20)18-14-8-6-7-13(10-14)11-17/h3-10,12H,1-2H3,(H,18,20)/b4-3+,9-5+/t12-/m1/s1. The van der Waals surface area contributed by atoms with Crippen molar-refractivity contribution in [3.05, 3.63) is 54.1 Å². The number of rotatable bonds is 5. The molecule has 0 radical (unpaired) electrons. The van der Waals surface area contributed by atoms with Crippen LogP contribution in [-0.2, 0) is 14.3 Å². The van der Waals surface area contributed by atoms with Gasteiger partial charge in [0.25, 0.3) is 5.91 Å². The SMILES string of the molecule is C/C=C/C=C/C(=O)O[C@H](C)C(=O)Nc1cccc(C#N)c1. The number of nitrogens with one attached hydrogen (secondary N) is 1. The van der Waals surface area contributed by atoms with E-state index >= 15 is 0 Å². The van der Waals surface area contributed by atoms with Crippen molar-refractivity contribution in [2.45, 2.75) is 20.0 Å². The van der Waals surface area contributed by atoms with E-state index in [-0.39, 0.29) is 0 Å². The molecule has 0 aliphatic rings. The van der Waals surface area contributed by atoms with Crippen molar-refractivity contribution in [3.8, 4) is 6.07 Å². The van der Waals surface area contributed by atoms with Crippen molar-refractivity contribution >= 4 is 17.6 Å². The van der Waals surface area contributed by atoms with E-state index in [1.165, 1.54) is 19.1 Å². The first kappa shape index (κ1) is 16.2. The Kier molecular flexibility index (Phi) is 6.42. The summed E-state index contributed by atoms with van der Waals surface area (Å²) in [7, 11) is 0. The summed E-state index contributed by atoms with van der Waals surface area (Å²) in [4.78, 5) is 23.3. The molecule has 5 nitrogen and oxygen atoms in total. The minimum Gasteiger partial charge on any atom is -0.449 e. The fourth-order valence-corrected chi connectivity index (χ4v) is 1.42. The van der Waals surface area contributed by atoms with Crippen LogP contribution in [0.4, 0.5) is 5.69 Å². The van der Waals surface area contributed by atoms with Crippen LogP contribution in [0, 0.1) is 11.3 Å². The Bertz CT molecular complexity index is 612. The third kappa shape index (κ3) is 5.74. The first-order valence-electron chi connectivity index (χ1n) is 6.38. The Balaban J connectivity index is 2.58. The highest BCUT2D eigenvalue weighted by Gasteiger charge is 2.16. The summed E-state index contributed by atoms with van der Waals surface area (Å²) in [6, 6.07) is 8.46. The third-order valence-electron chi connectivity index (χ3n) is 2.46. The zero-order valence-electron chi connectivity index (χ0n) is 11.9. The topological polar surface area (TPSA) is 79.2 Å². The zero-order valence-corrected chi connectivity index (χ0v) is 11.9. The van der Waals surface area contributed by atoms with E-state index in [9.17, 15) is 9.59 Å². The van der Waals surface area contributed by atoms with Gasteiger partial charge in [0.1, 0.15) is 0 Å². The molecule has 1 rings (SSSR count). The molecule has 0 fully saturated rings. The van der Waals surface area contributed by atoms with Crippen molar-refractivity contribution in [2.24, 2.45) is 0 Å². The lowest BCUT2D eigenvalue weighted by atomic mass is 10.2. The van der Waals surface area contributed by atoms with Gasteiger partial charge in [0.2, 0.25) is 0 Å². The van der Waals surface area contributed by atoms with Crippen LogP contribution in [0.3, 0.4) is 0 Å². The van der Waals surface area contributed by atoms with Gasteiger partial charge in [-0.1, -0.05) is 24.3 Å². The molecule has 0 aromatic heterocycles. The predicted molar refractivity (Wildman–Crippen MR) is 79.3 cm³/mol. The molecule has 0 heterocycles. The molecule has 0 aliphatic carbocycles. The fraction of sp³-hybridized carbons (Fsp3) is 0.188. The smallest absolute Gasteiger partial charge is 0.331 e. The van der Waals surface area contributed by atoms with E-state index in [1.54, 1.807) is 36.4 Å². The van der Waals surface area contributed by atoms with Gasteiger partial charge in [-0.3, -0.25) is 4.79 Å². The summed E-state index contributed by atoms with van der Waals surface area (Å²) in [6.07, 6.45) is 5.28. The van der Waals surface area contributed by atoms with Gasteiger partial charge in [0.15, 0.2) is 6.10 Å². The summed E-state index contributed by atoms with van der Waals surface area (Å²) in [6.45, 7) is 3.30. The van der Waals surface area contributed by atoms with Gasteiger partial charge in [-0.2, -0.15) is 5.26 Å². The highest BCUT2D eigenvalue weighted by Crippen LogP contribution is 2.10. The molecule has 1 aromatic rings. The molecule has 108 valence electrons. The lowest BCUT2D eigenvalue weighted by Crippen LogP contribution is -2.29. The van der Waals surface area contributed by atoms with E-state index < -0.39 is 18.0 Å². The lowest BCUT2D eigenvalue weighted by molar-refractivity contribution is -0.148. The molecule has 1 aromatic carbocycles. The molecule has 5 heteroatoms. The van der Waals surface area contributed by atoms with E-state index in [0.717, 1.165) is 0 Å². The van der Waals surface area contributed by atoms with Crippen LogP contribution in [0.5, 0.6) is 0 Å². The van der Waals surface area contributed by atoms with E-state index in [1.807, 2.05) is 13.0 Å². The van der Waals surface area contributed by atoms with E-state index in [0.29, 0.717) is 11.3 Å². The Hall–Kier alpha value is -2.87. The van der Waals surface area contributed by atoms with Gasteiger partial charge in [0.05, 0.1) is 11.6 Å². The summed E-state index contributed by atoms with van der Waals surface area (Å²) in [5.74, 6) is -1.06. The van der Waals surface area contributed by atoms with Gasteiger partial charge in [-0.05, 0) is 32.0 Å². The first-order chi connectivity index (χ1) is 10.1. The zero-order chi connectivity index (χ0) is 15.7. The van der Waals surface area contributed by atoms with E-state index in [2.05, 4.69) is 5.32 Å². The molecule has 21 heavy (non-hydrogen) atoms. The van der Waals surface area contributed by atoms with Gasteiger partial charge in [-0.15, -0.1) is 0 Å². The average Bonchev–Trinajstić information content (AvgIpc) is 2.47. The summed E-state index contributed by atoms with van der Waals surface area (Å²) in [5.41, 5.74) is 0.915. The number of benzene rings is 1. The Labute approximate surface area is 123 Å². The number of carbonyl (C=O) groups excluding carboxylic acids is 2. The number of hydrogen-bond donors (Lipinski definition) is 1. The fourth-order valence-electron chi connectivity index (χ4n) is 1.42. The minimum atomic E-state index is -0.932. The minimum absolute atomic E-state index is 0.437. The molecule has 0 unspecified atom stereocenters. The average molecular weight is 284 g/mol. The van der Waals surface area contributed by atoms with E-state index in [4.69, 9.17) is 10.00 Å². The number of ether oxygens (including phenoxy) is 1. The van der Waals surface area contributed by atoms with Crippen molar-refractivity contribution in [1.29, 1.82) is 5.26 Å². The lowest BCUT2D eigenvalue weighted by Gasteiger charge is -2.12. The normalized spacial score (nSPS) is 12.0. The molecular weight excluding hydrogens is 268 g/mol. The van der Waals surface area contributed by atoms with Crippen molar-refractivity contribution in [2.75, 3.05) is 5.32 Å². The molecule has 0 bridgehead atoms. The van der Waals surface area contributed by atoms with Crippen LogP contribution in [0.1, 0.15) is 19.4 Å². The molecule has 1 amide bonds. The molecule has 0 saturated carbocycles. The summed E-state index contributed by atoms with van der Waals surface area (Å²) >= 11 is 0. The van der Waals surface area contributed by atoms with Crippen LogP contribution < -0.4 is 5.32 Å². The second-order valence-corrected chi connectivity index (χ2v) is 4.15. The van der Waals surface area contributed by atoms with Gasteiger partial charge in [0, 0.05) is 11.8 Å². The Morgan fingerprint density at radius 1 is 1.38 bits per heavy atom. The molecule has 0 saturated heterocycles. The van der Waals surface area contributed by atoms with Crippen LogP contribution in [0.2, 0.25) is 0 Å². The number of hydrogen-bond acceptors (Lipinski definition) is 4. The quantitative estimate of drug-likeness (QED) is 0.512. The molecule has 1 atom stereocenters. The predicted octanol–water partition coefficient (Wildman–Crippen LogP) is 2.56. The van der Waals surface area contributed by atoms with Crippen molar-refractivity contribution in [3.63, 3.8) is 0 Å². The highest BCUT2D eigenvalue weighted by molar-refractivity contribution is 5.96. The van der Waals surface area contributed by atoms with Gasteiger partial charge >= 0.3 is 5.97 Å². The molecule has 0 spiro atoms. The van der Waals surface area contributed by atoms with Crippen molar-refractivity contribution in [1.82, 2.24) is 0 Å². The maximum atomic E-state index is 11.9. The maximum Gasteiger partial charge on any atom is 0.331 e. The molecule has 1 N–H and O–H groups in total. The monoisotopic (exact) mass is 284 g/mol. The molecular formula is C16H16N2O3. The van der Waals surface area contributed by atoms with Crippen molar-refractivity contribution < 1.29 is 14.3 Å². The number of allylic oxidation sites excluding steroid dienone is 3. The Morgan fingerprint density at radius 3 is 2.81 bits per heavy atom. The molecule has 0 aliphatic heterocycles. The highest BCUT2D eigenvalue weighted by atomic mass is 16.5. The second-order valence-electron chi connectivity index (χ2n) is 4.15. The van der Waals surface area contributed by atoms with Gasteiger partial charge < -0.3 is 10.1 Å². The number of carbonyl (C=O) groups is 2. The number of nitrogens with zero attached hydrogens (tertiary/aromatic N) is 1. The maximum absolute atomic E-state index is 11.9. The first-order valence-corrected chi connectivity index (χ1v) is 6.38. The van der Waals surface area contributed by atoms with Crippen LogP contribution in [0.25, 0.3) is 0 Å². The number of nitriles is 1. The third-order valence-corrected chi connectivity index (χ3v) is 2.46.